The summed E-state index contributed by atoms with van der Waals surface area (Å²) in [6.07, 6.45) is 5.05. The maximum atomic E-state index is 6.11. The molecule has 0 aromatic carbocycles. The lowest BCUT2D eigenvalue weighted by Gasteiger charge is -2.32. The van der Waals surface area contributed by atoms with E-state index in [0.29, 0.717) is 12.1 Å². The van der Waals surface area contributed by atoms with E-state index in [0.717, 1.165) is 25.7 Å². The Kier molecular flexibility index (Phi) is 3.42. The second kappa shape index (κ2) is 4.60. The van der Waals surface area contributed by atoms with Crippen molar-refractivity contribution < 1.29 is 4.74 Å². The Morgan fingerprint density at radius 1 is 1.29 bits per heavy atom. The summed E-state index contributed by atoms with van der Waals surface area (Å²) < 4.78 is 5.36. The molecule has 2 fully saturated rings. The molecule has 0 radical (unpaired) electrons. The first-order valence-electron chi connectivity index (χ1n) is 5.81. The van der Waals surface area contributed by atoms with Crippen LogP contribution < -0.4 is 5.73 Å². The van der Waals surface area contributed by atoms with Gasteiger partial charge in [0.05, 0.1) is 0 Å². The Labute approximate surface area is 86.6 Å². The molecule has 0 aromatic heterocycles. The third-order valence-electron chi connectivity index (χ3n) is 3.54. The zero-order valence-corrected chi connectivity index (χ0v) is 9.11. The average Bonchev–Trinajstić information content (AvgIpc) is 3.02. The normalized spacial score (nSPS) is 26.8. The van der Waals surface area contributed by atoms with E-state index >= 15 is 0 Å². The van der Waals surface area contributed by atoms with Gasteiger partial charge in [0.15, 0.2) is 0 Å². The van der Waals surface area contributed by atoms with E-state index in [-0.39, 0.29) is 0 Å². The number of likely N-dealkylation sites (N-methyl/N-ethyl adjacent to an activating group) is 1. The summed E-state index contributed by atoms with van der Waals surface area (Å²) in [5.74, 6) is 0.817. The third-order valence-corrected chi connectivity index (χ3v) is 3.54. The molecule has 0 aromatic rings. The Morgan fingerprint density at radius 3 is 2.50 bits per heavy atom. The molecule has 1 saturated heterocycles. The van der Waals surface area contributed by atoms with Crippen LogP contribution >= 0.6 is 0 Å². The van der Waals surface area contributed by atoms with Crippen molar-refractivity contribution in [1.29, 1.82) is 0 Å². The van der Waals surface area contributed by atoms with Crippen LogP contribution in [0.5, 0.6) is 0 Å². The van der Waals surface area contributed by atoms with Gasteiger partial charge in [-0.3, -0.25) is 0 Å². The van der Waals surface area contributed by atoms with E-state index in [1.807, 2.05) is 0 Å². The Hall–Kier alpha value is -0.120. The molecule has 1 unspecified atom stereocenters. The molecule has 2 rings (SSSR count). The molecule has 1 heterocycles. The van der Waals surface area contributed by atoms with Gasteiger partial charge in [0, 0.05) is 31.8 Å². The minimum Gasteiger partial charge on any atom is -0.381 e. The van der Waals surface area contributed by atoms with Crippen LogP contribution in [0.2, 0.25) is 0 Å². The lowest BCUT2D eigenvalue weighted by molar-refractivity contribution is 0.0408. The summed E-state index contributed by atoms with van der Waals surface area (Å²) in [5.41, 5.74) is 6.11. The molecule has 3 heteroatoms. The minimum atomic E-state index is 0.405. The second-order valence-electron chi connectivity index (χ2n) is 4.78. The largest absolute Gasteiger partial charge is 0.381 e. The van der Waals surface area contributed by atoms with Crippen LogP contribution in [0, 0.1) is 5.92 Å². The van der Waals surface area contributed by atoms with Crippen LogP contribution in [0.15, 0.2) is 0 Å². The highest BCUT2D eigenvalue weighted by Crippen LogP contribution is 2.32. The maximum absolute atomic E-state index is 6.11. The van der Waals surface area contributed by atoms with Crippen molar-refractivity contribution in [3.63, 3.8) is 0 Å². The van der Waals surface area contributed by atoms with E-state index < -0.39 is 0 Å². The summed E-state index contributed by atoms with van der Waals surface area (Å²) >= 11 is 0. The number of nitrogens with two attached hydrogens (primary N) is 1. The summed E-state index contributed by atoms with van der Waals surface area (Å²) in [6.45, 7) is 2.91. The van der Waals surface area contributed by atoms with Gasteiger partial charge in [-0.1, -0.05) is 0 Å². The standard InChI is InChI=1S/C11H22N2O/c1-13(8-11(12)9-2-3-9)10-4-6-14-7-5-10/h9-11H,2-8,12H2,1H3. The monoisotopic (exact) mass is 198 g/mol. The molecule has 14 heavy (non-hydrogen) atoms. The van der Waals surface area contributed by atoms with E-state index in [4.69, 9.17) is 10.5 Å². The lowest BCUT2D eigenvalue weighted by Crippen LogP contribution is -2.44. The van der Waals surface area contributed by atoms with Gasteiger partial charge >= 0.3 is 0 Å². The van der Waals surface area contributed by atoms with Gasteiger partial charge in [-0.05, 0) is 38.6 Å². The van der Waals surface area contributed by atoms with Crippen LogP contribution in [0.3, 0.4) is 0 Å². The smallest absolute Gasteiger partial charge is 0.0480 e. The van der Waals surface area contributed by atoms with Crippen molar-refractivity contribution in [2.45, 2.75) is 37.8 Å². The van der Waals surface area contributed by atoms with Gasteiger partial charge in [0.2, 0.25) is 0 Å². The lowest BCUT2D eigenvalue weighted by atomic mass is 10.1. The molecule has 0 bridgehead atoms. The van der Waals surface area contributed by atoms with Crippen LogP contribution in [-0.4, -0.2) is 43.8 Å². The molecule has 3 nitrogen and oxygen atoms in total. The maximum Gasteiger partial charge on any atom is 0.0480 e. The number of hydrogen-bond acceptors (Lipinski definition) is 3. The van der Waals surface area contributed by atoms with E-state index in [1.54, 1.807) is 0 Å². The van der Waals surface area contributed by atoms with Crippen LogP contribution in [-0.2, 0) is 4.74 Å². The number of rotatable bonds is 4. The molecule has 0 amide bonds. The minimum absolute atomic E-state index is 0.405. The molecule has 1 saturated carbocycles. The predicted molar refractivity (Wildman–Crippen MR) is 57.2 cm³/mol. The van der Waals surface area contributed by atoms with Crippen molar-refractivity contribution in [2.75, 3.05) is 26.8 Å². The fraction of sp³-hybridized carbons (Fsp3) is 1.00. The van der Waals surface area contributed by atoms with E-state index in [2.05, 4.69) is 11.9 Å². The Bertz CT molecular complexity index is 176. The van der Waals surface area contributed by atoms with Gasteiger partial charge in [-0.25, -0.2) is 0 Å². The zero-order valence-electron chi connectivity index (χ0n) is 9.11. The highest BCUT2D eigenvalue weighted by Gasteiger charge is 2.30. The van der Waals surface area contributed by atoms with Gasteiger partial charge < -0.3 is 15.4 Å². The average molecular weight is 198 g/mol. The van der Waals surface area contributed by atoms with E-state index in [1.165, 1.54) is 25.7 Å². The molecule has 2 aliphatic rings. The van der Waals surface area contributed by atoms with Crippen LogP contribution in [0.4, 0.5) is 0 Å². The summed E-state index contributed by atoms with van der Waals surface area (Å²) in [4.78, 5) is 2.44. The second-order valence-corrected chi connectivity index (χ2v) is 4.78. The quantitative estimate of drug-likeness (QED) is 0.727. The molecule has 0 spiro atoms. The van der Waals surface area contributed by atoms with Crippen molar-refractivity contribution in [3.05, 3.63) is 0 Å². The zero-order chi connectivity index (χ0) is 9.97. The first-order valence-corrected chi connectivity index (χ1v) is 5.81. The molecule has 1 aliphatic heterocycles. The van der Waals surface area contributed by atoms with Gasteiger partial charge in [0.25, 0.3) is 0 Å². The highest BCUT2D eigenvalue weighted by molar-refractivity contribution is 4.87. The third kappa shape index (κ3) is 2.69. The van der Waals surface area contributed by atoms with E-state index in [9.17, 15) is 0 Å². The first-order chi connectivity index (χ1) is 6.77. The molecule has 2 N–H and O–H groups in total. The SMILES string of the molecule is CN(CC(N)C1CC1)C1CCOCC1. The van der Waals surface area contributed by atoms with Crippen molar-refractivity contribution in [2.24, 2.45) is 11.7 Å². The number of nitrogens with zero attached hydrogens (tertiary/aromatic N) is 1. The fourth-order valence-electron chi connectivity index (χ4n) is 2.28. The Morgan fingerprint density at radius 2 is 1.93 bits per heavy atom. The Balaban J connectivity index is 1.72. The van der Waals surface area contributed by atoms with Gasteiger partial charge in [-0.2, -0.15) is 0 Å². The highest BCUT2D eigenvalue weighted by atomic mass is 16.5. The van der Waals surface area contributed by atoms with Crippen molar-refractivity contribution in [3.8, 4) is 0 Å². The predicted octanol–water partition coefficient (Wildman–Crippen LogP) is 0.834. The topological polar surface area (TPSA) is 38.5 Å². The van der Waals surface area contributed by atoms with Gasteiger partial charge in [-0.15, -0.1) is 0 Å². The molecular weight excluding hydrogens is 176 g/mol. The molecule has 1 aliphatic carbocycles. The number of hydrogen-bond donors (Lipinski definition) is 1. The van der Waals surface area contributed by atoms with Crippen LogP contribution in [0.1, 0.15) is 25.7 Å². The summed E-state index contributed by atoms with van der Waals surface area (Å²) in [7, 11) is 2.21. The molecular formula is C11H22N2O. The van der Waals surface area contributed by atoms with Crippen LogP contribution in [0.25, 0.3) is 0 Å². The number of ether oxygens (including phenoxy) is 1. The van der Waals surface area contributed by atoms with Crippen molar-refractivity contribution >= 4 is 0 Å². The molecule has 1 atom stereocenters. The molecule has 82 valence electrons. The van der Waals surface area contributed by atoms with Crippen molar-refractivity contribution in [1.82, 2.24) is 4.90 Å². The summed E-state index contributed by atoms with van der Waals surface area (Å²) in [5, 5.41) is 0. The summed E-state index contributed by atoms with van der Waals surface area (Å²) in [6, 6.07) is 1.11. The fourth-order valence-corrected chi connectivity index (χ4v) is 2.28. The van der Waals surface area contributed by atoms with Gasteiger partial charge in [0.1, 0.15) is 0 Å². The first kappa shape index (κ1) is 10.4.